The van der Waals surface area contributed by atoms with Crippen LogP contribution in [-0.4, -0.2) is 46.2 Å². The number of H-pyrrole nitrogens is 1. The van der Waals surface area contributed by atoms with Crippen molar-refractivity contribution in [3.8, 4) is 0 Å². The molecule has 1 aromatic heterocycles. The second kappa shape index (κ2) is 3.90. The molecular formula is C11H18N4O. The van der Waals surface area contributed by atoms with Crippen molar-refractivity contribution in [1.82, 2.24) is 20.4 Å². The van der Waals surface area contributed by atoms with E-state index < -0.39 is 0 Å². The van der Waals surface area contributed by atoms with Gasteiger partial charge in [0.2, 0.25) is 0 Å². The Morgan fingerprint density at radius 2 is 2.31 bits per heavy atom. The first-order chi connectivity index (χ1) is 7.52. The molecule has 5 heteroatoms. The number of hydrogen-bond donors (Lipinski definition) is 2. The molecule has 0 aliphatic carbocycles. The molecule has 2 rings (SSSR count). The van der Waals surface area contributed by atoms with Crippen LogP contribution < -0.4 is 5.32 Å². The van der Waals surface area contributed by atoms with Crippen LogP contribution in [0.15, 0.2) is 6.20 Å². The summed E-state index contributed by atoms with van der Waals surface area (Å²) < 4.78 is 0. The molecule has 0 atom stereocenters. The number of piperazine rings is 1. The number of nitrogens with zero attached hydrogens (tertiary/aromatic N) is 2. The highest BCUT2D eigenvalue weighted by Crippen LogP contribution is 2.20. The van der Waals surface area contributed by atoms with Crippen LogP contribution in [0.5, 0.6) is 0 Å². The van der Waals surface area contributed by atoms with Crippen molar-refractivity contribution in [1.29, 1.82) is 0 Å². The number of rotatable bonds is 1. The Morgan fingerprint density at radius 1 is 1.56 bits per heavy atom. The molecule has 2 heterocycles. The largest absolute Gasteiger partial charge is 0.331 e. The van der Waals surface area contributed by atoms with Gasteiger partial charge in [-0.3, -0.25) is 9.89 Å². The Balaban J connectivity index is 2.24. The van der Waals surface area contributed by atoms with Crippen molar-refractivity contribution in [3.63, 3.8) is 0 Å². The number of aromatic nitrogens is 2. The average molecular weight is 222 g/mol. The van der Waals surface area contributed by atoms with Crippen molar-refractivity contribution in [3.05, 3.63) is 17.5 Å². The molecule has 88 valence electrons. The lowest BCUT2D eigenvalue weighted by atomic mass is 9.99. The van der Waals surface area contributed by atoms with Crippen LogP contribution in [0.25, 0.3) is 0 Å². The molecule has 16 heavy (non-hydrogen) atoms. The Kier molecular flexibility index (Phi) is 2.71. The number of nitrogens with one attached hydrogen (secondary N) is 2. The van der Waals surface area contributed by atoms with Gasteiger partial charge in [0, 0.05) is 25.3 Å². The number of amides is 1. The normalized spacial score (nSPS) is 19.8. The SMILES string of the molecule is Cc1[nH]ncc1C(=O)N1CCNCC1(C)C. The highest BCUT2D eigenvalue weighted by molar-refractivity contribution is 5.95. The molecule has 5 nitrogen and oxygen atoms in total. The fourth-order valence-electron chi connectivity index (χ4n) is 2.07. The van der Waals surface area contributed by atoms with E-state index in [1.807, 2.05) is 11.8 Å². The summed E-state index contributed by atoms with van der Waals surface area (Å²) in [7, 11) is 0. The van der Waals surface area contributed by atoms with Crippen molar-refractivity contribution in [2.75, 3.05) is 19.6 Å². The van der Waals surface area contributed by atoms with Crippen LogP contribution in [0.3, 0.4) is 0 Å². The predicted molar refractivity (Wildman–Crippen MR) is 61.3 cm³/mol. The quantitative estimate of drug-likeness (QED) is 0.729. The van der Waals surface area contributed by atoms with E-state index in [-0.39, 0.29) is 11.4 Å². The van der Waals surface area contributed by atoms with E-state index in [0.29, 0.717) is 5.56 Å². The van der Waals surface area contributed by atoms with E-state index in [4.69, 9.17) is 0 Å². The summed E-state index contributed by atoms with van der Waals surface area (Å²) in [5.74, 6) is 0.0674. The smallest absolute Gasteiger partial charge is 0.257 e. The van der Waals surface area contributed by atoms with E-state index in [1.54, 1.807) is 6.20 Å². The van der Waals surface area contributed by atoms with Gasteiger partial charge < -0.3 is 10.2 Å². The van der Waals surface area contributed by atoms with Gasteiger partial charge >= 0.3 is 0 Å². The first-order valence-corrected chi connectivity index (χ1v) is 5.55. The van der Waals surface area contributed by atoms with Gasteiger partial charge in [0.1, 0.15) is 0 Å². The minimum atomic E-state index is -0.140. The van der Waals surface area contributed by atoms with Gasteiger partial charge in [0.25, 0.3) is 5.91 Å². The molecule has 1 saturated heterocycles. The van der Waals surface area contributed by atoms with E-state index in [0.717, 1.165) is 25.3 Å². The highest BCUT2D eigenvalue weighted by atomic mass is 16.2. The number of aryl methyl sites for hydroxylation is 1. The third-order valence-corrected chi connectivity index (χ3v) is 3.11. The fraction of sp³-hybridized carbons (Fsp3) is 0.636. The monoisotopic (exact) mass is 222 g/mol. The van der Waals surface area contributed by atoms with Crippen LogP contribution in [0.4, 0.5) is 0 Å². The topological polar surface area (TPSA) is 61.0 Å². The van der Waals surface area contributed by atoms with E-state index in [9.17, 15) is 4.79 Å². The van der Waals surface area contributed by atoms with Crippen LogP contribution in [0.2, 0.25) is 0 Å². The summed E-state index contributed by atoms with van der Waals surface area (Å²) in [5, 5.41) is 10.0. The van der Waals surface area contributed by atoms with Gasteiger partial charge in [-0.15, -0.1) is 0 Å². The Morgan fingerprint density at radius 3 is 2.88 bits per heavy atom. The molecule has 0 unspecified atom stereocenters. The number of carbonyl (C=O) groups excluding carboxylic acids is 1. The zero-order valence-corrected chi connectivity index (χ0v) is 10.0. The summed E-state index contributed by atoms with van der Waals surface area (Å²) in [6.07, 6.45) is 1.61. The first-order valence-electron chi connectivity index (χ1n) is 5.55. The molecule has 1 fully saturated rings. The maximum atomic E-state index is 12.3. The highest BCUT2D eigenvalue weighted by Gasteiger charge is 2.34. The molecule has 1 aromatic rings. The van der Waals surface area contributed by atoms with Gasteiger partial charge in [-0.25, -0.2) is 0 Å². The third-order valence-electron chi connectivity index (χ3n) is 3.11. The molecule has 0 spiro atoms. The zero-order valence-electron chi connectivity index (χ0n) is 10.0. The van der Waals surface area contributed by atoms with E-state index >= 15 is 0 Å². The van der Waals surface area contributed by atoms with Crippen molar-refractivity contribution in [2.24, 2.45) is 0 Å². The molecule has 0 aromatic carbocycles. The number of hydrogen-bond acceptors (Lipinski definition) is 3. The maximum Gasteiger partial charge on any atom is 0.257 e. The Bertz CT molecular complexity index is 396. The molecule has 0 bridgehead atoms. The maximum absolute atomic E-state index is 12.3. The Hall–Kier alpha value is -1.36. The van der Waals surface area contributed by atoms with Crippen molar-refractivity contribution in [2.45, 2.75) is 26.3 Å². The lowest BCUT2D eigenvalue weighted by Gasteiger charge is -2.42. The van der Waals surface area contributed by atoms with Gasteiger partial charge in [0.05, 0.1) is 17.3 Å². The van der Waals surface area contributed by atoms with Crippen LogP contribution in [-0.2, 0) is 0 Å². The number of aromatic amines is 1. The summed E-state index contributed by atoms with van der Waals surface area (Å²) in [4.78, 5) is 14.3. The fourth-order valence-corrected chi connectivity index (χ4v) is 2.07. The van der Waals surface area contributed by atoms with E-state index in [2.05, 4.69) is 29.4 Å². The molecular weight excluding hydrogens is 204 g/mol. The van der Waals surface area contributed by atoms with Crippen molar-refractivity contribution < 1.29 is 4.79 Å². The minimum absolute atomic E-state index is 0.0674. The molecule has 1 aliphatic heterocycles. The summed E-state index contributed by atoms with van der Waals surface area (Å²) in [6, 6.07) is 0. The average Bonchev–Trinajstić information content (AvgIpc) is 2.63. The molecule has 0 radical (unpaired) electrons. The lowest BCUT2D eigenvalue weighted by Crippen LogP contribution is -2.59. The van der Waals surface area contributed by atoms with Gasteiger partial charge in [-0.1, -0.05) is 0 Å². The van der Waals surface area contributed by atoms with Gasteiger partial charge in [-0.2, -0.15) is 5.10 Å². The standard InChI is InChI=1S/C11H18N4O/c1-8-9(6-13-14-8)10(16)15-5-4-12-7-11(15,2)3/h6,12H,4-5,7H2,1-3H3,(H,13,14). The second-order valence-corrected chi connectivity index (χ2v) is 4.85. The summed E-state index contributed by atoms with van der Waals surface area (Å²) in [5.41, 5.74) is 1.37. The van der Waals surface area contributed by atoms with Gasteiger partial charge in [0.15, 0.2) is 0 Å². The van der Waals surface area contributed by atoms with Crippen LogP contribution >= 0.6 is 0 Å². The summed E-state index contributed by atoms with van der Waals surface area (Å²) >= 11 is 0. The number of carbonyl (C=O) groups is 1. The molecule has 0 saturated carbocycles. The minimum Gasteiger partial charge on any atom is -0.331 e. The van der Waals surface area contributed by atoms with Crippen LogP contribution in [0.1, 0.15) is 29.9 Å². The zero-order chi connectivity index (χ0) is 11.8. The lowest BCUT2D eigenvalue weighted by molar-refractivity contribution is 0.0477. The molecule has 1 aliphatic rings. The predicted octanol–water partition coefficient (Wildman–Crippen LogP) is 0.542. The van der Waals surface area contributed by atoms with E-state index in [1.165, 1.54) is 0 Å². The first kappa shape index (κ1) is 11.1. The third kappa shape index (κ3) is 1.82. The molecule has 2 N–H and O–H groups in total. The Labute approximate surface area is 95.2 Å². The second-order valence-electron chi connectivity index (χ2n) is 4.85. The summed E-state index contributed by atoms with van der Waals surface area (Å²) in [6.45, 7) is 8.45. The van der Waals surface area contributed by atoms with Crippen molar-refractivity contribution >= 4 is 5.91 Å². The van der Waals surface area contributed by atoms with Gasteiger partial charge in [-0.05, 0) is 20.8 Å². The molecule has 1 amide bonds. The van der Waals surface area contributed by atoms with Crippen LogP contribution in [0, 0.1) is 6.92 Å².